The lowest BCUT2D eigenvalue weighted by molar-refractivity contribution is 0.209. The Labute approximate surface area is 113 Å². The summed E-state index contributed by atoms with van der Waals surface area (Å²) in [5, 5.41) is 9.97. The second-order valence-corrected chi connectivity index (χ2v) is 4.57. The molecule has 100 valence electrons. The van der Waals surface area contributed by atoms with Gasteiger partial charge in [0.05, 0.1) is 0 Å². The molecule has 0 aliphatic carbocycles. The van der Waals surface area contributed by atoms with Crippen LogP contribution in [0.5, 0.6) is 0 Å². The topological polar surface area (TPSA) is 20.2 Å². The Morgan fingerprint density at radius 2 is 1.74 bits per heavy atom. The van der Waals surface area contributed by atoms with Gasteiger partial charge in [0.1, 0.15) is 23.6 Å². The number of aliphatic hydroxyl groups is 1. The van der Waals surface area contributed by atoms with Crippen molar-refractivity contribution in [3.63, 3.8) is 0 Å². The predicted octanol–water partition coefficient (Wildman–Crippen LogP) is 4.15. The fourth-order valence-electron chi connectivity index (χ4n) is 1.80. The molecule has 2 aromatic carbocycles. The molecule has 1 atom stereocenters. The first-order chi connectivity index (χ1) is 8.91. The van der Waals surface area contributed by atoms with Crippen LogP contribution in [0.15, 0.2) is 30.3 Å². The molecule has 0 bridgehead atoms. The largest absolute Gasteiger partial charge is 0.383 e. The van der Waals surface area contributed by atoms with E-state index in [0.29, 0.717) is 0 Å². The molecule has 2 rings (SSSR count). The Balaban J connectivity index is 2.56. The third kappa shape index (κ3) is 2.60. The molecule has 0 amide bonds. The highest BCUT2D eigenvalue weighted by Crippen LogP contribution is 2.32. The van der Waals surface area contributed by atoms with Gasteiger partial charge in [-0.15, -0.1) is 0 Å². The number of hydrogen-bond donors (Lipinski definition) is 1. The number of benzene rings is 2. The summed E-state index contributed by atoms with van der Waals surface area (Å²) in [6, 6.07) is 5.61. The van der Waals surface area contributed by atoms with E-state index >= 15 is 0 Å². The van der Waals surface area contributed by atoms with E-state index in [1.165, 1.54) is 19.1 Å². The summed E-state index contributed by atoms with van der Waals surface area (Å²) in [7, 11) is 0. The summed E-state index contributed by atoms with van der Waals surface area (Å²) in [5.41, 5.74) is -0.519. The lowest BCUT2D eigenvalue weighted by atomic mass is 9.99. The summed E-state index contributed by atoms with van der Waals surface area (Å²) in [6.45, 7) is 1.39. The minimum atomic E-state index is -1.66. The van der Waals surface area contributed by atoms with Gasteiger partial charge in [0, 0.05) is 16.1 Å². The number of aliphatic hydroxyl groups excluding tert-OH is 1. The van der Waals surface area contributed by atoms with Crippen molar-refractivity contribution in [2.75, 3.05) is 0 Å². The van der Waals surface area contributed by atoms with Crippen molar-refractivity contribution in [2.45, 2.75) is 13.0 Å². The second kappa shape index (κ2) is 5.23. The molecule has 1 nitrogen and oxygen atoms in total. The average Bonchev–Trinajstić information content (AvgIpc) is 2.33. The summed E-state index contributed by atoms with van der Waals surface area (Å²) in [6.07, 6.45) is -1.66. The molecule has 1 unspecified atom stereocenters. The van der Waals surface area contributed by atoms with Gasteiger partial charge >= 0.3 is 0 Å². The van der Waals surface area contributed by atoms with E-state index in [0.717, 1.165) is 18.2 Å². The standard InChI is InChI=1S/C14H10ClF3O/c1-7-5-12(18)8(6-11(7)17)14(19)13-9(15)3-2-4-10(13)16/h2-6,14,19H,1H3. The zero-order valence-electron chi connectivity index (χ0n) is 9.92. The molecule has 5 heteroatoms. The average molecular weight is 287 g/mol. The van der Waals surface area contributed by atoms with Crippen molar-refractivity contribution in [3.8, 4) is 0 Å². The first-order valence-corrected chi connectivity index (χ1v) is 5.87. The van der Waals surface area contributed by atoms with Crippen LogP contribution in [-0.2, 0) is 0 Å². The first kappa shape index (κ1) is 13.9. The summed E-state index contributed by atoms with van der Waals surface area (Å²) < 4.78 is 40.8. The van der Waals surface area contributed by atoms with Crippen molar-refractivity contribution in [1.82, 2.24) is 0 Å². The molecule has 0 saturated carbocycles. The maximum atomic E-state index is 13.7. The van der Waals surface area contributed by atoms with Crippen LogP contribution >= 0.6 is 11.6 Å². The lowest BCUT2D eigenvalue weighted by Crippen LogP contribution is -2.07. The molecule has 0 spiro atoms. The highest BCUT2D eigenvalue weighted by Gasteiger charge is 2.22. The summed E-state index contributed by atoms with van der Waals surface area (Å²) in [5.74, 6) is -2.27. The third-order valence-electron chi connectivity index (χ3n) is 2.85. The Morgan fingerprint density at radius 1 is 1.05 bits per heavy atom. The Kier molecular flexibility index (Phi) is 3.83. The van der Waals surface area contributed by atoms with Gasteiger partial charge in [-0.1, -0.05) is 17.7 Å². The van der Waals surface area contributed by atoms with Crippen molar-refractivity contribution in [2.24, 2.45) is 0 Å². The zero-order chi connectivity index (χ0) is 14.2. The van der Waals surface area contributed by atoms with Crippen LogP contribution in [0.4, 0.5) is 13.2 Å². The van der Waals surface area contributed by atoms with Crippen LogP contribution in [0.2, 0.25) is 5.02 Å². The van der Waals surface area contributed by atoms with Gasteiger partial charge in [-0.3, -0.25) is 0 Å². The summed E-state index contributed by atoms with van der Waals surface area (Å²) >= 11 is 5.78. The monoisotopic (exact) mass is 286 g/mol. The molecule has 0 saturated heterocycles. The number of halogens is 4. The molecule has 0 aromatic heterocycles. The maximum absolute atomic E-state index is 13.7. The Bertz CT molecular complexity index is 608. The molecule has 2 aromatic rings. The molecule has 0 radical (unpaired) electrons. The van der Waals surface area contributed by atoms with Crippen LogP contribution in [0.1, 0.15) is 22.8 Å². The van der Waals surface area contributed by atoms with E-state index in [9.17, 15) is 18.3 Å². The molecule has 19 heavy (non-hydrogen) atoms. The quantitative estimate of drug-likeness (QED) is 0.879. The molecule has 0 fully saturated rings. The minimum Gasteiger partial charge on any atom is -0.383 e. The summed E-state index contributed by atoms with van der Waals surface area (Å²) in [4.78, 5) is 0. The highest BCUT2D eigenvalue weighted by molar-refractivity contribution is 6.31. The third-order valence-corrected chi connectivity index (χ3v) is 3.18. The molecule has 1 N–H and O–H groups in total. The minimum absolute atomic E-state index is 0.0483. The molecular formula is C14H10ClF3O. The Hall–Kier alpha value is -1.52. The Morgan fingerprint density at radius 3 is 2.37 bits per heavy atom. The number of rotatable bonds is 2. The van der Waals surface area contributed by atoms with Gasteiger partial charge in [0.25, 0.3) is 0 Å². The normalized spacial score (nSPS) is 12.5. The number of aryl methyl sites for hydroxylation is 1. The fraction of sp³-hybridized carbons (Fsp3) is 0.143. The second-order valence-electron chi connectivity index (χ2n) is 4.16. The zero-order valence-corrected chi connectivity index (χ0v) is 10.7. The van der Waals surface area contributed by atoms with E-state index < -0.39 is 23.6 Å². The predicted molar refractivity (Wildman–Crippen MR) is 66.6 cm³/mol. The van der Waals surface area contributed by atoms with E-state index in [4.69, 9.17) is 11.6 Å². The smallest absolute Gasteiger partial charge is 0.130 e. The SMILES string of the molecule is Cc1cc(F)c(C(O)c2c(F)cccc2Cl)cc1F. The van der Waals surface area contributed by atoms with Gasteiger partial charge in [-0.25, -0.2) is 13.2 Å². The highest BCUT2D eigenvalue weighted by atomic mass is 35.5. The molecule has 0 aliphatic heterocycles. The lowest BCUT2D eigenvalue weighted by Gasteiger charge is -2.15. The van der Waals surface area contributed by atoms with Gasteiger partial charge < -0.3 is 5.11 Å². The molecular weight excluding hydrogens is 277 g/mol. The van der Waals surface area contributed by atoms with E-state index in [1.54, 1.807) is 0 Å². The van der Waals surface area contributed by atoms with Gasteiger partial charge in [-0.2, -0.15) is 0 Å². The van der Waals surface area contributed by atoms with Gasteiger partial charge in [0.2, 0.25) is 0 Å². The van der Waals surface area contributed by atoms with Crippen LogP contribution in [-0.4, -0.2) is 5.11 Å². The maximum Gasteiger partial charge on any atom is 0.130 e. The number of hydrogen-bond acceptors (Lipinski definition) is 1. The van der Waals surface area contributed by atoms with Gasteiger partial charge in [-0.05, 0) is 36.8 Å². The van der Waals surface area contributed by atoms with Crippen LogP contribution in [0.25, 0.3) is 0 Å². The van der Waals surface area contributed by atoms with E-state index in [1.807, 2.05) is 0 Å². The van der Waals surface area contributed by atoms with Crippen molar-refractivity contribution >= 4 is 11.6 Å². The molecule has 0 aliphatic rings. The van der Waals surface area contributed by atoms with E-state index in [-0.39, 0.29) is 21.7 Å². The van der Waals surface area contributed by atoms with Crippen LogP contribution in [0.3, 0.4) is 0 Å². The molecule has 0 heterocycles. The van der Waals surface area contributed by atoms with Gasteiger partial charge in [0.15, 0.2) is 0 Å². The van der Waals surface area contributed by atoms with Crippen molar-refractivity contribution in [3.05, 3.63) is 69.5 Å². The fourth-order valence-corrected chi connectivity index (χ4v) is 2.07. The van der Waals surface area contributed by atoms with E-state index in [2.05, 4.69) is 0 Å². The first-order valence-electron chi connectivity index (χ1n) is 5.49. The van der Waals surface area contributed by atoms with Crippen LogP contribution in [0, 0.1) is 24.4 Å². The van der Waals surface area contributed by atoms with Crippen molar-refractivity contribution < 1.29 is 18.3 Å². The van der Waals surface area contributed by atoms with Crippen molar-refractivity contribution in [1.29, 1.82) is 0 Å². The van der Waals surface area contributed by atoms with Crippen LogP contribution < -0.4 is 0 Å².